The summed E-state index contributed by atoms with van der Waals surface area (Å²) in [5, 5.41) is 8.70. The Kier molecular flexibility index (Phi) is 12.6. The minimum absolute atomic E-state index is 0.0358. The molecule has 4 rings (SSSR count). The quantitative estimate of drug-likeness (QED) is 0.417. The van der Waals surface area contributed by atoms with E-state index in [1.807, 2.05) is 38.1 Å². The molecule has 47 heavy (non-hydrogen) atoms. The van der Waals surface area contributed by atoms with Gasteiger partial charge in [0.1, 0.15) is 30.2 Å². The fourth-order valence-corrected chi connectivity index (χ4v) is 6.01. The number of hydrogen-bond acceptors (Lipinski definition) is 7. The summed E-state index contributed by atoms with van der Waals surface area (Å²) in [5.41, 5.74) is 1.23. The largest absolute Gasteiger partial charge is 0.497 e. The summed E-state index contributed by atoms with van der Waals surface area (Å²) >= 11 is 0. The molecule has 0 bridgehead atoms. The van der Waals surface area contributed by atoms with E-state index in [1.54, 1.807) is 38.4 Å². The van der Waals surface area contributed by atoms with Gasteiger partial charge in [0.05, 0.1) is 25.3 Å². The first-order valence-electron chi connectivity index (χ1n) is 16.3. The van der Waals surface area contributed by atoms with E-state index in [1.165, 1.54) is 9.80 Å². The summed E-state index contributed by atoms with van der Waals surface area (Å²) in [7, 11) is 3.16. The van der Waals surface area contributed by atoms with Crippen LogP contribution in [-0.2, 0) is 25.6 Å². The number of ether oxygens (including phenoxy) is 2. The van der Waals surface area contributed by atoms with E-state index in [0.29, 0.717) is 44.5 Å². The van der Waals surface area contributed by atoms with Crippen molar-refractivity contribution in [2.75, 3.05) is 40.4 Å². The molecule has 1 fully saturated rings. The summed E-state index contributed by atoms with van der Waals surface area (Å²) in [6, 6.07) is 12.2. The second kappa shape index (κ2) is 16.8. The van der Waals surface area contributed by atoms with Gasteiger partial charge in [0.25, 0.3) is 5.91 Å². The molecule has 2 aromatic carbocycles. The first-order chi connectivity index (χ1) is 22.5. The van der Waals surface area contributed by atoms with Crippen LogP contribution in [0.15, 0.2) is 48.5 Å². The van der Waals surface area contributed by atoms with E-state index in [-0.39, 0.29) is 61.2 Å². The topological polar surface area (TPSA) is 146 Å². The van der Waals surface area contributed by atoms with Crippen molar-refractivity contribution in [3.63, 3.8) is 0 Å². The lowest BCUT2D eigenvalue weighted by atomic mass is 10.0. The number of rotatable bonds is 7. The van der Waals surface area contributed by atoms with Crippen molar-refractivity contribution in [3.8, 4) is 11.5 Å². The van der Waals surface area contributed by atoms with Crippen LogP contribution in [0.3, 0.4) is 0 Å². The number of nitrogens with one attached hydrogen (secondary N) is 3. The normalized spacial score (nSPS) is 21.5. The maximum absolute atomic E-state index is 13.6. The number of benzene rings is 2. The summed E-state index contributed by atoms with van der Waals surface area (Å²) in [4.78, 5) is 69.8. The van der Waals surface area contributed by atoms with Crippen molar-refractivity contribution in [3.05, 3.63) is 59.7 Å². The van der Waals surface area contributed by atoms with Gasteiger partial charge in [-0.2, -0.15) is 0 Å². The Bertz CT molecular complexity index is 1410. The Morgan fingerprint density at radius 1 is 1.04 bits per heavy atom. The van der Waals surface area contributed by atoms with Crippen LogP contribution in [0.2, 0.25) is 0 Å². The van der Waals surface area contributed by atoms with Crippen molar-refractivity contribution in [2.24, 2.45) is 5.92 Å². The smallest absolute Gasteiger partial charge is 0.255 e. The third-order valence-electron chi connectivity index (χ3n) is 8.45. The molecule has 1 saturated heterocycles. The molecule has 2 aliphatic rings. The number of fused-ring (bicyclic) bond motifs is 2. The first kappa shape index (κ1) is 35.2. The van der Waals surface area contributed by atoms with Crippen LogP contribution < -0.4 is 25.4 Å². The number of hydrogen-bond donors (Lipinski definition) is 3. The molecule has 12 heteroatoms. The van der Waals surface area contributed by atoms with Crippen LogP contribution in [0.4, 0.5) is 0 Å². The summed E-state index contributed by atoms with van der Waals surface area (Å²) < 4.78 is 11.3. The van der Waals surface area contributed by atoms with Crippen molar-refractivity contribution in [1.82, 2.24) is 25.8 Å². The number of carbonyl (C=O) groups excluding carboxylic acids is 5. The number of likely N-dealkylation sites (N-methyl/N-ethyl adjacent to an activating group) is 1. The van der Waals surface area contributed by atoms with Crippen LogP contribution in [-0.4, -0.2) is 97.9 Å². The third-order valence-corrected chi connectivity index (χ3v) is 8.45. The van der Waals surface area contributed by atoms with Gasteiger partial charge in [0.15, 0.2) is 0 Å². The predicted octanol–water partition coefficient (Wildman–Crippen LogP) is 2.31. The van der Waals surface area contributed by atoms with E-state index in [4.69, 9.17) is 9.47 Å². The minimum atomic E-state index is -1.01. The monoisotopic (exact) mass is 649 g/mol. The average Bonchev–Trinajstić information content (AvgIpc) is 3.55. The van der Waals surface area contributed by atoms with E-state index in [2.05, 4.69) is 16.0 Å². The molecule has 2 aliphatic heterocycles. The number of amides is 5. The zero-order chi connectivity index (χ0) is 33.9. The molecule has 12 nitrogen and oxygen atoms in total. The molecular weight excluding hydrogens is 602 g/mol. The fraction of sp³-hybridized carbons (Fsp3) is 0.514. The Morgan fingerprint density at radius 3 is 2.51 bits per heavy atom. The highest BCUT2D eigenvalue weighted by Gasteiger charge is 2.36. The summed E-state index contributed by atoms with van der Waals surface area (Å²) in [5.74, 6) is -0.590. The Hall–Kier alpha value is -4.61. The Balaban J connectivity index is 1.56. The summed E-state index contributed by atoms with van der Waals surface area (Å²) in [6.07, 6.45) is 2.29. The molecule has 0 unspecified atom stereocenters. The van der Waals surface area contributed by atoms with Crippen LogP contribution in [0.5, 0.6) is 11.5 Å². The van der Waals surface area contributed by atoms with Crippen molar-refractivity contribution < 1.29 is 33.4 Å². The van der Waals surface area contributed by atoms with E-state index in [0.717, 1.165) is 11.3 Å². The number of para-hydroxylation sites is 1. The number of nitrogens with zero attached hydrogens (tertiary/aromatic N) is 2. The van der Waals surface area contributed by atoms with Crippen molar-refractivity contribution in [1.29, 1.82) is 0 Å². The fourth-order valence-electron chi connectivity index (χ4n) is 6.01. The van der Waals surface area contributed by atoms with Gasteiger partial charge < -0.3 is 35.2 Å². The standard InChI is InChI=1S/C35H47N5O7/c1-23(2)20-25-22-47-30-10-6-5-8-27(30)33(43)38-28(34(44)36-18-17-24-11-13-26(46-4)14-12-24)15-16-32(42)40-19-7-9-29(40)35(45)39(3)21-31(41)37-25/h5-6,8,10-14,23,25,28-29H,7,9,15-22H2,1-4H3,(H,36,44)(H,37,41)(H,38,43)/t25-,28-,29-/m0/s1. The highest BCUT2D eigenvalue weighted by atomic mass is 16.5. The minimum Gasteiger partial charge on any atom is -0.497 e. The Labute approximate surface area is 276 Å². The first-order valence-corrected chi connectivity index (χ1v) is 16.3. The van der Waals surface area contributed by atoms with Crippen LogP contribution >= 0.6 is 0 Å². The van der Waals surface area contributed by atoms with Crippen molar-refractivity contribution in [2.45, 2.75) is 70.5 Å². The Morgan fingerprint density at radius 2 is 1.79 bits per heavy atom. The molecule has 3 atom stereocenters. The molecule has 2 heterocycles. The molecule has 0 aliphatic carbocycles. The van der Waals surface area contributed by atoms with Crippen LogP contribution in [0.1, 0.15) is 61.9 Å². The van der Waals surface area contributed by atoms with Gasteiger partial charge >= 0.3 is 0 Å². The molecule has 0 radical (unpaired) electrons. The second-order valence-electron chi connectivity index (χ2n) is 12.6. The van der Waals surface area contributed by atoms with Crippen molar-refractivity contribution >= 4 is 29.5 Å². The maximum Gasteiger partial charge on any atom is 0.255 e. The SMILES string of the molecule is COc1ccc(CCNC(=O)[C@@H]2CCC(=O)N3CCC[C@H]3C(=O)N(C)CC(=O)N[C@@H](CC(C)C)COc3ccccc3C(=O)N2)cc1. The predicted molar refractivity (Wildman–Crippen MR) is 176 cm³/mol. The molecular formula is C35H47N5O7. The highest BCUT2D eigenvalue weighted by molar-refractivity contribution is 6.00. The molecule has 0 saturated carbocycles. The van der Waals surface area contributed by atoms with Gasteiger partial charge in [-0.05, 0) is 67.9 Å². The second-order valence-corrected chi connectivity index (χ2v) is 12.6. The van der Waals surface area contributed by atoms with Gasteiger partial charge in [0.2, 0.25) is 23.6 Å². The van der Waals surface area contributed by atoms with E-state index in [9.17, 15) is 24.0 Å². The van der Waals surface area contributed by atoms with Crippen LogP contribution in [0.25, 0.3) is 0 Å². The molecule has 0 spiro atoms. The van der Waals surface area contributed by atoms with Gasteiger partial charge in [-0.1, -0.05) is 38.1 Å². The molecule has 0 aromatic heterocycles. The van der Waals surface area contributed by atoms with Crippen LogP contribution in [0, 0.1) is 5.92 Å². The lowest BCUT2D eigenvalue weighted by molar-refractivity contribution is -0.144. The molecule has 2 aromatic rings. The molecule has 254 valence electrons. The van der Waals surface area contributed by atoms with E-state index < -0.39 is 23.9 Å². The average molecular weight is 650 g/mol. The lowest BCUT2D eigenvalue weighted by Gasteiger charge is -2.29. The number of carbonyl (C=O) groups is 5. The third kappa shape index (κ3) is 9.94. The van der Waals surface area contributed by atoms with Gasteiger partial charge in [-0.15, -0.1) is 0 Å². The highest BCUT2D eigenvalue weighted by Crippen LogP contribution is 2.23. The van der Waals surface area contributed by atoms with Gasteiger partial charge in [-0.3, -0.25) is 24.0 Å². The lowest BCUT2D eigenvalue weighted by Crippen LogP contribution is -2.51. The zero-order valence-corrected chi connectivity index (χ0v) is 27.8. The number of methoxy groups -OCH3 is 1. The maximum atomic E-state index is 13.6. The van der Waals surface area contributed by atoms with Gasteiger partial charge in [0, 0.05) is 26.6 Å². The molecule has 5 amide bonds. The molecule has 3 N–H and O–H groups in total. The van der Waals surface area contributed by atoms with Gasteiger partial charge in [-0.25, -0.2) is 0 Å². The zero-order valence-electron chi connectivity index (χ0n) is 27.8. The van der Waals surface area contributed by atoms with E-state index >= 15 is 0 Å². The summed E-state index contributed by atoms with van der Waals surface area (Å²) in [6.45, 7) is 4.73.